The largest absolute Gasteiger partial charge is 0.379 e. The van der Waals surface area contributed by atoms with Gasteiger partial charge < -0.3 is 10.6 Å². The molecule has 0 amide bonds. The van der Waals surface area contributed by atoms with Crippen molar-refractivity contribution in [2.24, 2.45) is 22.6 Å². The van der Waals surface area contributed by atoms with E-state index in [2.05, 4.69) is 51.0 Å². The molecular formula is C18H27N3S. The molecule has 22 heavy (non-hydrogen) atoms. The van der Waals surface area contributed by atoms with Crippen LogP contribution in [0, 0.1) is 18.8 Å². The van der Waals surface area contributed by atoms with Crippen LogP contribution in [0.2, 0.25) is 0 Å². The van der Waals surface area contributed by atoms with Crippen LogP contribution in [-0.2, 0) is 5.54 Å². The zero-order valence-corrected chi connectivity index (χ0v) is 14.9. The highest BCUT2D eigenvalue weighted by molar-refractivity contribution is 8.13. The van der Waals surface area contributed by atoms with Crippen molar-refractivity contribution in [2.75, 3.05) is 24.7 Å². The number of benzene rings is 1. The van der Waals surface area contributed by atoms with E-state index in [0.29, 0.717) is 5.92 Å². The van der Waals surface area contributed by atoms with Gasteiger partial charge in [0, 0.05) is 25.5 Å². The summed E-state index contributed by atoms with van der Waals surface area (Å²) in [5.74, 6) is 2.50. The molecular weight excluding hydrogens is 290 g/mol. The van der Waals surface area contributed by atoms with Crippen LogP contribution in [0.25, 0.3) is 0 Å². The van der Waals surface area contributed by atoms with Crippen LogP contribution >= 0.6 is 11.8 Å². The molecule has 1 fully saturated rings. The van der Waals surface area contributed by atoms with Gasteiger partial charge in [-0.05, 0) is 61.3 Å². The lowest BCUT2D eigenvalue weighted by atomic mass is 9.66. The molecule has 2 N–H and O–H groups in total. The minimum atomic E-state index is -0.0993. The third-order valence-electron chi connectivity index (χ3n) is 5.33. The molecule has 1 aromatic carbocycles. The van der Waals surface area contributed by atoms with Crippen molar-refractivity contribution in [2.45, 2.75) is 38.6 Å². The Morgan fingerprint density at radius 2 is 2.14 bits per heavy atom. The molecule has 3 atom stereocenters. The Hall–Kier alpha value is -1.16. The lowest BCUT2D eigenvalue weighted by Gasteiger charge is -2.47. The van der Waals surface area contributed by atoms with Crippen molar-refractivity contribution >= 4 is 22.6 Å². The lowest BCUT2D eigenvalue weighted by molar-refractivity contribution is 0.168. The summed E-state index contributed by atoms with van der Waals surface area (Å²) in [5.41, 5.74) is 10.0. The van der Waals surface area contributed by atoms with Crippen LogP contribution in [0.5, 0.6) is 0 Å². The van der Waals surface area contributed by atoms with E-state index in [0.717, 1.165) is 23.3 Å². The molecule has 1 aromatic rings. The van der Waals surface area contributed by atoms with Gasteiger partial charge in [-0.3, -0.25) is 4.99 Å². The normalized spacial score (nSPS) is 31.4. The first-order valence-corrected chi connectivity index (χ1v) is 9.17. The maximum Gasteiger partial charge on any atom is 0.154 e. The Bertz CT molecular complexity index is 596. The molecule has 3 rings (SSSR count). The van der Waals surface area contributed by atoms with Gasteiger partial charge in [-0.15, -0.1) is 0 Å². The molecule has 4 heteroatoms. The van der Waals surface area contributed by atoms with Gasteiger partial charge in [0.15, 0.2) is 5.17 Å². The quantitative estimate of drug-likeness (QED) is 0.903. The maximum atomic E-state index is 6.15. The third-order valence-corrected chi connectivity index (χ3v) is 6.28. The van der Waals surface area contributed by atoms with E-state index in [9.17, 15) is 0 Å². The second-order valence-corrected chi connectivity index (χ2v) is 8.20. The summed E-state index contributed by atoms with van der Waals surface area (Å²) in [6, 6.07) is 6.77. The number of hydrogen-bond acceptors (Lipinski definition) is 4. The van der Waals surface area contributed by atoms with Crippen LogP contribution in [0.15, 0.2) is 23.2 Å². The van der Waals surface area contributed by atoms with Crippen molar-refractivity contribution in [1.29, 1.82) is 0 Å². The molecule has 2 aliphatic rings. The number of aryl methyl sites for hydroxylation is 1. The van der Waals surface area contributed by atoms with E-state index in [1.165, 1.54) is 29.7 Å². The van der Waals surface area contributed by atoms with Crippen LogP contribution in [0.3, 0.4) is 0 Å². The second-order valence-electron chi connectivity index (χ2n) is 7.16. The highest BCUT2D eigenvalue weighted by Gasteiger charge is 2.46. The molecule has 3 unspecified atom stereocenters. The molecule has 1 aliphatic heterocycles. The number of amidine groups is 1. The molecule has 0 spiro atoms. The first-order valence-electron chi connectivity index (χ1n) is 8.19. The summed E-state index contributed by atoms with van der Waals surface area (Å²) < 4.78 is 0. The fourth-order valence-corrected chi connectivity index (χ4v) is 5.02. The van der Waals surface area contributed by atoms with Crippen molar-refractivity contribution in [3.05, 3.63) is 29.3 Å². The summed E-state index contributed by atoms with van der Waals surface area (Å²) in [6.07, 6.45) is 3.62. The predicted octanol–water partition coefficient (Wildman–Crippen LogP) is 3.75. The first-order chi connectivity index (χ1) is 10.4. The molecule has 0 radical (unpaired) electrons. The molecule has 1 aliphatic carbocycles. The average molecular weight is 318 g/mol. The molecule has 120 valence electrons. The van der Waals surface area contributed by atoms with E-state index < -0.39 is 0 Å². The summed E-state index contributed by atoms with van der Waals surface area (Å²) in [4.78, 5) is 7.21. The maximum absolute atomic E-state index is 6.15. The number of nitrogens with two attached hydrogens (primary N) is 1. The van der Waals surface area contributed by atoms with Gasteiger partial charge in [-0.2, -0.15) is 0 Å². The SMILES string of the molecule is Cc1ccc(N(C)C)cc1C12CCC(C)CC1CSC(N)=N2. The summed E-state index contributed by atoms with van der Waals surface area (Å²) in [7, 11) is 4.20. The molecule has 0 saturated heterocycles. The Kier molecular flexibility index (Phi) is 4.15. The van der Waals surface area contributed by atoms with Gasteiger partial charge >= 0.3 is 0 Å². The fourth-order valence-electron chi connectivity index (χ4n) is 4.01. The van der Waals surface area contributed by atoms with Crippen molar-refractivity contribution < 1.29 is 0 Å². The number of anilines is 1. The Balaban J connectivity index is 2.13. The lowest BCUT2D eigenvalue weighted by Crippen LogP contribution is -2.44. The van der Waals surface area contributed by atoms with Crippen LogP contribution in [-0.4, -0.2) is 25.0 Å². The van der Waals surface area contributed by atoms with Crippen molar-refractivity contribution in [3.8, 4) is 0 Å². The number of thioether (sulfide) groups is 1. The van der Waals surface area contributed by atoms with Crippen LogP contribution in [0.1, 0.15) is 37.3 Å². The number of aliphatic imine (C=N–C) groups is 1. The van der Waals surface area contributed by atoms with Gasteiger partial charge in [-0.1, -0.05) is 24.8 Å². The zero-order valence-electron chi connectivity index (χ0n) is 14.1. The fraction of sp³-hybridized carbons (Fsp3) is 0.611. The average Bonchev–Trinajstić information content (AvgIpc) is 2.48. The van der Waals surface area contributed by atoms with Gasteiger partial charge in [0.1, 0.15) is 0 Å². The molecule has 1 saturated carbocycles. The van der Waals surface area contributed by atoms with Crippen LogP contribution in [0.4, 0.5) is 5.69 Å². The van der Waals surface area contributed by atoms with Gasteiger partial charge in [0.2, 0.25) is 0 Å². The molecule has 0 aromatic heterocycles. The minimum Gasteiger partial charge on any atom is -0.379 e. The molecule has 3 nitrogen and oxygen atoms in total. The standard InChI is InChI=1S/C18H27N3S/c1-12-7-8-18(14(9-12)11-22-17(19)20-18)16-10-15(21(3)4)6-5-13(16)2/h5-6,10,12,14H,7-9,11H2,1-4H3,(H2,19,20). The number of hydrogen-bond donors (Lipinski definition) is 1. The minimum absolute atomic E-state index is 0.0993. The van der Waals surface area contributed by atoms with Crippen molar-refractivity contribution in [1.82, 2.24) is 0 Å². The highest BCUT2D eigenvalue weighted by atomic mass is 32.2. The number of rotatable bonds is 2. The van der Waals surface area contributed by atoms with Gasteiger partial charge in [0.25, 0.3) is 0 Å². The number of fused-ring (bicyclic) bond motifs is 1. The first kappa shape index (κ1) is 15.7. The highest BCUT2D eigenvalue weighted by Crippen LogP contribution is 2.51. The van der Waals surface area contributed by atoms with E-state index in [4.69, 9.17) is 10.7 Å². The summed E-state index contributed by atoms with van der Waals surface area (Å²) >= 11 is 1.73. The summed E-state index contributed by atoms with van der Waals surface area (Å²) in [6.45, 7) is 4.59. The van der Waals surface area contributed by atoms with Crippen LogP contribution < -0.4 is 10.6 Å². The zero-order chi connectivity index (χ0) is 15.9. The molecule has 0 bridgehead atoms. The summed E-state index contributed by atoms with van der Waals surface area (Å²) in [5, 5.41) is 0.764. The van der Waals surface area contributed by atoms with E-state index in [1.807, 2.05) is 0 Å². The van der Waals surface area contributed by atoms with E-state index in [-0.39, 0.29) is 5.54 Å². The second kappa shape index (κ2) is 5.80. The number of nitrogens with zero attached hydrogens (tertiary/aromatic N) is 2. The topological polar surface area (TPSA) is 41.6 Å². The monoisotopic (exact) mass is 317 g/mol. The van der Waals surface area contributed by atoms with E-state index >= 15 is 0 Å². The van der Waals surface area contributed by atoms with Gasteiger partial charge in [0.05, 0.1) is 5.54 Å². The Morgan fingerprint density at radius 1 is 1.36 bits per heavy atom. The smallest absolute Gasteiger partial charge is 0.154 e. The van der Waals surface area contributed by atoms with E-state index in [1.54, 1.807) is 11.8 Å². The Morgan fingerprint density at radius 3 is 2.86 bits per heavy atom. The Labute approximate surface area is 138 Å². The molecule has 1 heterocycles. The van der Waals surface area contributed by atoms with Gasteiger partial charge in [-0.25, -0.2) is 0 Å². The predicted molar refractivity (Wildman–Crippen MR) is 97.8 cm³/mol. The van der Waals surface area contributed by atoms with Crippen molar-refractivity contribution in [3.63, 3.8) is 0 Å². The third kappa shape index (κ3) is 2.62.